The van der Waals surface area contributed by atoms with Crippen molar-refractivity contribution in [2.75, 3.05) is 0 Å². The van der Waals surface area contributed by atoms with E-state index in [1.165, 1.54) is 6.07 Å². The van der Waals surface area contributed by atoms with E-state index in [-0.39, 0.29) is 24.1 Å². The molecule has 0 bridgehead atoms. The van der Waals surface area contributed by atoms with Gasteiger partial charge < -0.3 is 0 Å². The van der Waals surface area contributed by atoms with Crippen molar-refractivity contribution in [2.45, 2.75) is 5.88 Å². The number of pyridine rings is 1. The molecule has 1 heterocycles. The van der Waals surface area contributed by atoms with Gasteiger partial charge >= 0.3 is 0 Å². The molecule has 1 aromatic rings. The fraction of sp³-hybridized carbons (Fsp3) is 0.167. The molecule has 0 radical (unpaired) electrons. The molecule has 0 aliphatic heterocycles. The van der Waals surface area contributed by atoms with E-state index in [1.54, 1.807) is 6.20 Å². The number of aromatic nitrogens is 1. The van der Waals surface area contributed by atoms with Gasteiger partial charge in [-0.3, -0.25) is 4.98 Å². The molecule has 0 fully saturated rings. The first-order valence-electron chi connectivity index (χ1n) is 2.60. The van der Waals surface area contributed by atoms with Crippen LogP contribution in [0.25, 0.3) is 0 Å². The molecule has 0 aromatic carbocycles. The van der Waals surface area contributed by atoms with E-state index < -0.39 is 0 Å². The summed E-state index contributed by atoms with van der Waals surface area (Å²) in [5.41, 5.74) is 0.307. The van der Waals surface area contributed by atoms with Crippen LogP contribution in [-0.2, 0) is 5.88 Å². The van der Waals surface area contributed by atoms with Gasteiger partial charge in [-0.1, -0.05) is 0 Å². The highest BCUT2D eigenvalue weighted by molar-refractivity contribution is 14.1. The second-order valence-corrected chi connectivity index (χ2v) is 3.23. The summed E-state index contributed by atoms with van der Waals surface area (Å²) in [6.07, 6.45) is 1.58. The third kappa shape index (κ3) is 3.09. The molecule has 1 nitrogen and oxygen atoms in total. The van der Waals surface area contributed by atoms with Crippen molar-refractivity contribution in [3.05, 3.63) is 27.3 Å². The molecule has 0 saturated carbocycles. The fourth-order valence-corrected chi connectivity index (χ4v) is 1.15. The highest BCUT2D eigenvalue weighted by atomic mass is 127. The minimum Gasteiger partial charge on any atom is -0.256 e. The molecule has 1 aromatic heterocycles. The zero-order valence-electron chi connectivity index (χ0n) is 5.35. The summed E-state index contributed by atoms with van der Waals surface area (Å²) >= 11 is 7.37. The number of hydrogen-bond acceptors (Lipinski definition) is 1. The van der Waals surface area contributed by atoms with Crippen LogP contribution in [0.1, 0.15) is 5.69 Å². The Kier molecular flexibility index (Phi) is 5.29. The Labute approximate surface area is 88.9 Å². The van der Waals surface area contributed by atoms with Gasteiger partial charge in [0.2, 0.25) is 0 Å². The van der Waals surface area contributed by atoms with Gasteiger partial charge in [-0.2, -0.15) is 0 Å². The lowest BCUT2D eigenvalue weighted by atomic mass is 10.4. The van der Waals surface area contributed by atoms with Crippen LogP contribution in [0.5, 0.6) is 0 Å². The van der Waals surface area contributed by atoms with Crippen molar-refractivity contribution in [3.63, 3.8) is 0 Å². The predicted molar refractivity (Wildman–Crippen MR) is 53.7 cm³/mol. The van der Waals surface area contributed by atoms with Gasteiger partial charge in [0.1, 0.15) is 5.82 Å². The van der Waals surface area contributed by atoms with Crippen LogP contribution in [0.3, 0.4) is 0 Å². The Bertz CT molecular complexity index is 244. The molecule has 0 saturated heterocycles. The van der Waals surface area contributed by atoms with Gasteiger partial charge in [0.05, 0.1) is 11.6 Å². The third-order valence-electron chi connectivity index (χ3n) is 1.01. The molecule has 0 N–H and O–H groups in total. The number of rotatable bonds is 1. The summed E-state index contributed by atoms with van der Waals surface area (Å²) in [5, 5.41) is 0. The van der Waals surface area contributed by atoms with Gasteiger partial charge in [0.25, 0.3) is 0 Å². The van der Waals surface area contributed by atoms with Gasteiger partial charge in [-0.15, -0.1) is 24.0 Å². The zero-order valence-corrected chi connectivity index (χ0v) is 9.08. The first-order valence-corrected chi connectivity index (χ1v) is 4.21. The van der Waals surface area contributed by atoms with Crippen LogP contribution in [0, 0.1) is 9.39 Å². The summed E-state index contributed by atoms with van der Waals surface area (Å²) < 4.78 is 13.5. The SMILES string of the molecule is Cl.Fc1cc(I)cnc1CCl. The monoisotopic (exact) mass is 307 g/mol. The quantitative estimate of drug-likeness (QED) is 0.574. The van der Waals surface area contributed by atoms with Gasteiger partial charge in [-0.25, -0.2) is 4.39 Å². The van der Waals surface area contributed by atoms with E-state index in [9.17, 15) is 4.39 Å². The first-order chi connectivity index (χ1) is 4.74. The molecule has 0 amide bonds. The van der Waals surface area contributed by atoms with E-state index >= 15 is 0 Å². The summed E-state index contributed by atoms with van der Waals surface area (Å²) in [7, 11) is 0. The fourth-order valence-electron chi connectivity index (χ4n) is 0.541. The lowest BCUT2D eigenvalue weighted by molar-refractivity contribution is 0.606. The molecule has 0 aliphatic rings. The van der Waals surface area contributed by atoms with Gasteiger partial charge in [0.15, 0.2) is 0 Å². The molecule has 0 unspecified atom stereocenters. The minimum absolute atomic E-state index is 0. The maximum absolute atomic E-state index is 12.7. The lowest BCUT2D eigenvalue weighted by Gasteiger charge is -1.95. The van der Waals surface area contributed by atoms with E-state index in [0.29, 0.717) is 5.69 Å². The number of alkyl halides is 1. The van der Waals surface area contributed by atoms with Crippen LogP contribution < -0.4 is 0 Å². The van der Waals surface area contributed by atoms with Crippen LogP contribution >= 0.6 is 46.6 Å². The molecule has 5 heteroatoms. The third-order valence-corrected chi connectivity index (χ3v) is 1.85. The predicted octanol–water partition coefficient (Wildman–Crippen LogP) is 2.99. The van der Waals surface area contributed by atoms with Crippen LogP contribution in [-0.4, -0.2) is 4.98 Å². The molecule has 62 valence electrons. The lowest BCUT2D eigenvalue weighted by Crippen LogP contribution is -1.91. The largest absolute Gasteiger partial charge is 0.256 e. The highest BCUT2D eigenvalue weighted by Crippen LogP contribution is 2.10. The number of halogens is 4. The average molecular weight is 308 g/mol. The van der Waals surface area contributed by atoms with E-state index in [0.717, 1.165) is 3.57 Å². The average Bonchev–Trinajstić information content (AvgIpc) is 1.88. The Morgan fingerprint density at radius 1 is 1.64 bits per heavy atom. The molecule has 1 rings (SSSR count). The van der Waals surface area contributed by atoms with E-state index in [2.05, 4.69) is 4.98 Å². The number of hydrogen-bond donors (Lipinski definition) is 0. The highest BCUT2D eigenvalue weighted by Gasteiger charge is 2.00. The maximum atomic E-state index is 12.7. The maximum Gasteiger partial charge on any atom is 0.146 e. The van der Waals surface area contributed by atoms with Crippen molar-refractivity contribution >= 4 is 46.6 Å². The second-order valence-electron chi connectivity index (χ2n) is 1.72. The van der Waals surface area contributed by atoms with E-state index in [4.69, 9.17) is 11.6 Å². The molecular weight excluding hydrogens is 303 g/mol. The molecular formula is C6H5Cl2FIN. The van der Waals surface area contributed by atoms with Crippen molar-refractivity contribution in [3.8, 4) is 0 Å². The van der Waals surface area contributed by atoms with Crippen LogP contribution in [0.15, 0.2) is 12.3 Å². The molecule has 0 aliphatic carbocycles. The topological polar surface area (TPSA) is 12.9 Å². The molecule has 0 spiro atoms. The smallest absolute Gasteiger partial charge is 0.146 e. The van der Waals surface area contributed by atoms with Crippen molar-refractivity contribution in [1.29, 1.82) is 0 Å². The summed E-state index contributed by atoms with van der Waals surface area (Å²) in [6.45, 7) is 0. The normalized spacial score (nSPS) is 9.00. The summed E-state index contributed by atoms with van der Waals surface area (Å²) in [6, 6.07) is 1.41. The zero-order chi connectivity index (χ0) is 7.56. The Morgan fingerprint density at radius 2 is 2.27 bits per heavy atom. The van der Waals surface area contributed by atoms with E-state index in [1.807, 2.05) is 22.6 Å². The summed E-state index contributed by atoms with van der Waals surface area (Å²) in [5.74, 6) is -0.204. The van der Waals surface area contributed by atoms with Crippen molar-refractivity contribution < 1.29 is 4.39 Å². The minimum atomic E-state index is -0.332. The van der Waals surface area contributed by atoms with Gasteiger partial charge in [0, 0.05) is 9.77 Å². The molecule has 0 atom stereocenters. The number of nitrogens with zero attached hydrogens (tertiary/aromatic N) is 1. The van der Waals surface area contributed by atoms with Gasteiger partial charge in [-0.05, 0) is 28.7 Å². The van der Waals surface area contributed by atoms with Crippen molar-refractivity contribution in [2.24, 2.45) is 0 Å². The van der Waals surface area contributed by atoms with Crippen LogP contribution in [0.2, 0.25) is 0 Å². The standard InChI is InChI=1S/C6H4ClFIN.ClH/c7-2-6-5(8)1-4(9)3-10-6;/h1,3H,2H2;1H. The first kappa shape index (κ1) is 11.4. The van der Waals surface area contributed by atoms with Crippen molar-refractivity contribution in [1.82, 2.24) is 4.98 Å². The Morgan fingerprint density at radius 3 is 2.73 bits per heavy atom. The Balaban J connectivity index is 0.000001000. The van der Waals surface area contributed by atoms with Crippen LogP contribution in [0.4, 0.5) is 4.39 Å². The second kappa shape index (κ2) is 5.11. The molecule has 11 heavy (non-hydrogen) atoms. The summed E-state index contributed by atoms with van der Waals surface area (Å²) in [4.78, 5) is 3.78. The Hall–Kier alpha value is 0.390.